The zero-order valence-corrected chi connectivity index (χ0v) is 14.7. The van der Waals surface area contributed by atoms with Crippen LogP contribution in [0.4, 0.5) is 13.2 Å². The van der Waals surface area contributed by atoms with E-state index >= 15 is 0 Å². The number of amides is 1. The molecular weight excluding hydrogens is 345 g/mol. The number of nitrogens with one attached hydrogen (secondary N) is 3. The summed E-state index contributed by atoms with van der Waals surface area (Å²) in [5.41, 5.74) is 2.71. The maximum Gasteiger partial charge on any atom is 0.405 e. The quantitative estimate of drug-likeness (QED) is 0.739. The summed E-state index contributed by atoms with van der Waals surface area (Å²) < 4.78 is 40.2. The number of carbonyl (C=O) groups is 1. The Bertz CT molecular complexity index is 629. The number of alkyl halides is 3. The molecule has 2 aliphatic heterocycles. The molecule has 0 aromatic heterocycles. The summed E-state index contributed by atoms with van der Waals surface area (Å²) in [4.78, 5) is 13.8. The van der Waals surface area contributed by atoms with Gasteiger partial charge in [0.15, 0.2) is 0 Å². The van der Waals surface area contributed by atoms with Gasteiger partial charge in [0.25, 0.3) is 5.91 Å². The van der Waals surface area contributed by atoms with Crippen LogP contribution >= 0.6 is 0 Å². The average molecular weight is 370 g/mol. The lowest BCUT2D eigenvalue weighted by atomic mass is 10.00. The molecule has 26 heavy (non-hydrogen) atoms. The standard InChI is InChI=1S/C18H25F3N4O/c19-18(20,21)16(25-9-7-23-8-10-25)12-24-17(26)15-2-1-13-3-5-22-6-4-14(13)11-15/h1-2,11,16,22-23H,3-10,12H2,(H,24,26). The molecule has 8 heteroatoms. The topological polar surface area (TPSA) is 56.4 Å². The Morgan fingerprint density at radius 1 is 1.08 bits per heavy atom. The van der Waals surface area contributed by atoms with Crippen molar-refractivity contribution in [1.29, 1.82) is 0 Å². The summed E-state index contributed by atoms with van der Waals surface area (Å²) in [6.07, 6.45) is -2.65. The van der Waals surface area contributed by atoms with Gasteiger partial charge in [0.05, 0.1) is 0 Å². The summed E-state index contributed by atoms with van der Waals surface area (Å²) in [5, 5.41) is 8.83. The Labute approximate surface area is 151 Å². The van der Waals surface area contributed by atoms with E-state index in [4.69, 9.17) is 0 Å². The van der Waals surface area contributed by atoms with Crippen molar-refractivity contribution in [1.82, 2.24) is 20.9 Å². The van der Waals surface area contributed by atoms with Gasteiger partial charge in [-0.25, -0.2) is 0 Å². The van der Waals surface area contributed by atoms with Gasteiger partial charge in [0.1, 0.15) is 6.04 Å². The molecule has 1 saturated heterocycles. The molecule has 1 aromatic carbocycles. The maximum atomic E-state index is 13.4. The van der Waals surface area contributed by atoms with Crippen LogP contribution in [0.25, 0.3) is 0 Å². The van der Waals surface area contributed by atoms with Crippen LogP contribution in [0.5, 0.6) is 0 Å². The predicted molar refractivity (Wildman–Crippen MR) is 93.3 cm³/mol. The molecule has 2 heterocycles. The van der Waals surface area contributed by atoms with E-state index < -0.39 is 24.7 Å². The summed E-state index contributed by atoms with van der Waals surface area (Å²) in [6.45, 7) is 3.02. The molecule has 0 bridgehead atoms. The third-order valence-electron chi connectivity index (χ3n) is 5.04. The fraction of sp³-hybridized carbons (Fsp3) is 0.611. The number of hydrogen-bond acceptors (Lipinski definition) is 4. The predicted octanol–water partition coefficient (Wildman–Crippen LogP) is 0.941. The van der Waals surface area contributed by atoms with E-state index in [2.05, 4.69) is 16.0 Å². The van der Waals surface area contributed by atoms with Crippen molar-refractivity contribution < 1.29 is 18.0 Å². The van der Waals surface area contributed by atoms with Crippen molar-refractivity contribution >= 4 is 5.91 Å². The summed E-state index contributed by atoms with van der Waals surface area (Å²) in [7, 11) is 0. The van der Waals surface area contributed by atoms with Crippen LogP contribution in [0.2, 0.25) is 0 Å². The highest BCUT2D eigenvalue weighted by atomic mass is 19.4. The van der Waals surface area contributed by atoms with E-state index in [9.17, 15) is 18.0 Å². The highest BCUT2D eigenvalue weighted by molar-refractivity contribution is 5.94. The molecule has 1 aromatic rings. The van der Waals surface area contributed by atoms with Crippen molar-refractivity contribution in [2.75, 3.05) is 45.8 Å². The number of carbonyl (C=O) groups excluding carboxylic acids is 1. The normalized spacial score (nSPS) is 20.1. The number of halogens is 3. The number of nitrogens with zero attached hydrogens (tertiary/aromatic N) is 1. The molecule has 3 rings (SSSR count). The van der Waals surface area contributed by atoms with Gasteiger partial charge in [-0.05, 0) is 49.2 Å². The second-order valence-electron chi connectivity index (χ2n) is 6.79. The molecule has 0 aliphatic carbocycles. The van der Waals surface area contributed by atoms with Crippen molar-refractivity contribution in [2.45, 2.75) is 25.1 Å². The van der Waals surface area contributed by atoms with Gasteiger partial charge in [-0.3, -0.25) is 9.69 Å². The van der Waals surface area contributed by atoms with Gasteiger partial charge in [0, 0.05) is 38.3 Å². The number of hydrogen-bond donors (Lipinski definition) is 3. The molecule has 2 aliphatic rings. The molecule has 5 nitrogen and oxygen atoms in total. The summed E-state index contributed by atoms with van der Waals surface area (Å²) in [5.74, 6) is -0.450. The van der Waals surface area contributed by atoms with Gasteiger partial charge in [-0.15, -0.1) is 0 Å². The molecular formula is C18H25F3N4O. The lowest BCUT2D eigenvalue weighted by Crippen LogP contribution is -2.57. The minimum atomic E-state index is -4.37. The SMILES string of the molecule is O=C(NCC(N1CCNCC1)C(F)(F)F)c1ccc2c(c1)CCNCC2. The molecule has 1 unspecified atom stereocenters. The van der Waals surface area contributed by atoms with Crippen LogP contribution in [-0.2, 0) is 12.8 Å². The molecule has 0 radical (unpaired) electrons. The Kier molecular flexibility index (Phi) is 6.16. The van der Waals surface area contributed by atoms with Gasteiger partial charge in [-0.2, -0.15) is 13.2 Å². The Hall–Kier alpha value is -1.64. The van der Waals surface area contributed by atoms with Crippen LogP contribution in [0.1, 0.15) is 21.5 Å². The van der Waals surface area contributed by atoms with E-state index in [1.165, 1.54) is 10.5 Å². The van der Waals surface area contributed by atoms with Gasteiger partial charge in [0.2, 0.25) is 0 Å². The van der Waals surface area contributed by atoms with E-state index in [1.807, 2.05) is 12.1 Å². The average Bonchev–Trinajstić information content (AvgIpc) is 2.86. The van der Waals surface area contributed by atoms with Crippen molar-refractivity contribution in [3.63, 3.8) is 0 Å². The number of benzene rings is 1. The molecule has 1 atom stereocenters. The molecule has 144 valence electrons. The highest BCUT2D eigenvalue weighted by Crippen LogP contribution is 2.25. The van der Waals surface area contributed by atoms with E-state index in [1.54, 1.807) is 6.07 Å². The maximum absolute atomic E-state index is 13.4. The highest BCUT2D eigenvalue weighted by Gasteiger charge is 2.43. The smallest absolute Gasteiger partial charge is 0.350 e. The first-order valence-electron chi connectivity index (χ1n) is 9.07. The number of fused-ring (bicyclic) bond motifs is 1. The molecule has 1 fully saturated rings. The Morgan fingerprint density at radius 3 is 2.42 bits per heavy atom. The second-order valence-corrected chi connectivity index (χ2v) is 6.79. The van der Waals surface area contributed by atoms with E-state index in [0.717, 1.165) is 31.5 Å². The zero-order chi connectivity index (χ0) is 18.6. The summed E-state index contributed by atoms with van der Waals surface area (Å²) >= 11 is 0. The van der Waals surface area contributed by atoms with Crippen molar-refractivity contribution in [3.8, 4) is 0 Å². The van der Waals surface area contributed by atoms with Gasteiger partial charge in [-0.1, -0.05) is 6.07 Å². The molecule has 0 spiro atoms. The van der Waals surface area contributed by atoms with Crippen molar-refractivity contribution in [2.24, 2.45) is 0 Å². The fourth-order valence-electron chi connectivity index (χ4n) is 3.55. The fourth-order valence-corrected chi connectivity index (χ4v) is 3.55. The first-order chi connectivity index (χ1) is 12.4. The van der Waals surface area contributed by atoms with Crippen LogP contribution in [0, 0.1) is 0 Å². The molecule has 0 saturated carbocycles. The van der Waals surface area contributed by atoms with Crippen LogP contribution in [-0.4, -0.2) is 68.8 Å². The van der Waals surface area contributed by atoms with Gasteiger partial charge >= 0.3 is 6.18 Å². The van der Waals surface area contributed by atoms with Crippen LogP contribution in [0.15, 0.2) is 18.2 Å². The lowest BCUT2D eigenvalue weighted by Gasteiger charge is -2.35. The van der Waals surface area contributed by atoms with Crippen LogP contribution in [0.3, 0.4) is 0 Å². The summed E-state index contributed by atoms with van der Waals surface area (Å²) in [6, 6.07) is 3.77. The Morgan fingerprint density at radius 2 is 1.73 bits per heavy atom. The molecule has 3 N–H and O–H groups in total. The van der Waals surface area contributed by atoms with E-state index in [0.29, 0.717) is 31.7 Å². The van der Waals surface area contributed by atoms with Crippen molar-refractivity contribution in [3.05, 3.63) is 34.9 Å². The third-order valence-corrected chi connectivity index (χ3v) is 5.04. The Balaban J connectivity index is 1.65. The largest absolute Gasteiger partial charge is 0.405 e. The zero-order valence-electron chi connectivity index (χ0n) is 14.7. The van der Waals surface area contributed by atoms with E-state index in [-0.39, 0.29) is 0 Å². The lowest BCUT2D eigenvalue weighted by molar-refractivity contribution is -0.183. The molecule has 1 amide bonds. The number of rotatable bonds is 4. The first-order valence-corrected chi connectivity index (χ1v) is 9.07. The third kappa shape index (κ3) is 4.75. The van der Waals surface area contributed by atoms with Gasteiger partial charge < -0.3 is 16.0 Å². The van der Waals surface area contributed by atoms with Crippen LogP contribution < -0.4 is 16.0 Å². The minimum Gasteiger partial charge on any atom is -0.350 e. The number of piperazine rings is 1. The monoisotopic (exact) mass is 370 g/mol. The first kappa shape index (κ1) is 19.1. The second kappa shape index (κ2) is 8.37. The minimum absolute atomic E-state index is 0.325.